The number of hydrogen-bond acceptors (Lipinski definition) is 3. The molecule has 1 heterocycles. The molecule has 0 unspecified atom stereocenters. The van der Waals surface area contributed by atoms with Gasteiger partial charge in [-0.1, -0.05) is 12.8 Å². The Bertz CT molecular complexity index is 455. The van der Waals surface area contributed by atoms with Gasteiger partial charge >= 0.3 is 0 Å². The van der Waals surface area contributed by atoms with E-state index in [-0.39, 0.29) is 17.5 Å². The first-order valence-corrected chi connectivity index (χ1v) is 5.84. The van der Waals surface area contributed by atoms with Gasteiger partial charge in [0.25, 0.3) is 5.91 Å². The number of nitrogens with one attached hydrogen (secondary N) is 2. The van der Waals surface area contributed by atoms with Crippen molar-refractivity contribution < 1.29 is 9.90 Å². The number of amides is 1. The average molecular weight is 236 g/mol. The number of aliphatic hydroxyl groups is 1. The van der Waals surface area contributed by atoms with Crippen LogP contribution in [-0.2, 0) is 0 Å². The van der Waals surface area contributed by atoms with Gasteiger partial charge in [-0.15, -0.1) is 0 Å². The number of hydrogen-bond donors (Lipinski definition) is 3. The highest BCUT2D eigenvalue weighted by molar-refractivity contribution is 5.94. The Hall–Kier alpha value is -1.62. The molecule has 0 aliphatic heterocycles. The quantitative estimate of drug-likeness (QED) is 0.695. The topological polar surface area (TPSA) is 82.2 Å². The van der Waals surface area contributed by atoms with Gasteiger partial charge in [0.15, 0.2) is 0 Å². The molecule has 5 nitrogen and oxygen atoms in total. The minimum absolute atomic E-state index is 0.199. The molecule has 1 fully saturated rings. The maximum atomic E-state index is 11.8. The van der Waals surface area contributed by atoms with Crippen molar-refractivity contribution in [2.45, 2.75) is 37.8 Å². The number of aliphatic hydroxyl groups excluding tert-OH is 1. The Balaban J connectivity index is 2.03. The summed E-state index contributed by atoms with van der Waals surface area (Å²) in [5, 5.41) is 12.5. The van der Waals surface area contributed by atoms with E-state index in [1.54, 1.807) is 6.07 Å². The predicted molar refractivity (Wildman–Crippen MR) is 62.8 cm³/mol. The van der Waals surface area contributed by atoms with Crippen molar-refractivity contribution in [2.75, 3.05) is 0 Å². The van der Waals surface area contributed by atoms with Crippen LogP contribution in [0.5, 0.6) is 0 Å². The van der Waals surface area contributed by atoms with E-state index in [4.69, 9.17) is 0 Å². The normalized spacial score (nSPS) is 24.3. The van der Waals surface area contributed by atoms with E-state index in [1.165, 1.54) is 12.3 Å². The van der Waals surface area contributed by atoms with Gasteiger partial charge in [-0.2, -0.15) is 0 Å². The minimum atomic E-state index is -0.477. The lowest BCUT2D eigenvalue weighted by Crippen LogP contribution is -2.45. The number of aromatic nitrogens is 1. The van der Waals surface area contributed by atoms with Crippen LogP contribution in [-0.4, -0.2) is 28.1 Å². The summed E-state index contributed by atoms with van der Waals surface area (Å²) >= 11 is 0. The Labute approximate surface area is 98.9 Å². The first kappa shape index (κ1) is 11.9. The number of carbonyl (C=O) groups is 1. The zero-order valence-corrected chi connectivity index (χ0v) is 9.48. The third-order valence-corrected chi connectivity index (χ3v) is 3.08. The van der Waals surface area contributed by atoms with Crippen LogP contribution in [0.3, 0.4) is 0 Å². The van der Waals surface area contributed by atoms with E-state index in [1.807, 2.05) is 0 Å². The summed E-state index contributed by atoms with van der Waals surface area (Å²) in [7, 11) is 0. The molecule has 1 aromatic heterocycles. The first-order chi connectivity index (χ1) is 8.16. The van der Waals surface area contributed by atoms with Gasteiger partial charge in [0.2, 0.25) is 5.56 Å². The average Bonchev–Trinajstić information content (AvgIpc) is 2.32. The molecule has 3 N–H and O–H groups in total. The van der Waals surface area contributed by atoms with Gasteiger partial charge in [-0.05, 0) is 18.9 Å². The molecule has 0 aromatic carbocycles. The second kappa shape index (κ2) is 5.14. The fourth-order valence-corrected chi connectivity index (χ4v) is 2.12. The van der Waals surface area contributed by atoms with Crippen LogP contribution in [0.15, 0.2) is 23.1 Å². The monoisotopic (exact) mass is 236 g/mol. The summed E-state index contributed by atoms with van der Waals surface area (Å²) in [5.41, 5.74) is 0.0216. The molecule has 0 radical (unpaired) electrons. The Morgan fingerprint density at radius 2 is 2.18 bits per heavy atom. The van der Waals surface area contributed by atoms with Crippen molar-refractivity contribution in [2.24, 2.45) is 0 Å². The predicted octanol–water partition coefficient (Wildman–Crippen LogP) is 0.408. The third kappa shape index (κ3) is 2.94. The molecule has 0 spiro atoms. The van der Waals surface area contributed by atoms with E-state index in [0.717, 1.165) is 25.7 Å². The fourth-order valence-electron chi connectivity index (χ4n) is 2.12. The molecule has 5 heteroatoms. The Kier molecular flexibility index (Phi) is 3.58. The SMILES string of the molecule is O=C(N[C@@H]1CCCC[C@H]1O)c1cc[nH]c(=O)c1. The van der Waals surface area contributed by atoms with Crippen molar-refractivity contribution in [1.82, 2.24) is 10.3 Å². The number of pyridine rings is 1. The highest BCUT2D eigenvalue weighted by Crippen LogP contribution is 2.18. The minimum Gasteiger partial charge on any atom is -0.391 e. The Morgan fingerprint density at radius 3 is 2.88 bits per heavy atom. The molecule has 2 rings (SSSR count). The molecule has 92 valence electrons. The molecule has 1 aliphatic rings. The largest absolute Gasteiger partial charge is 0.391 e. The molecule has 1 amide bonds. The van der Waals surface area contributed by atoms with Crippen LogP contribution in [0.25, 0.3) is 0 Å². The van der Waals surface area contributed by atoms with E-state index in [2.05, 4.69) is 10.3 Å². The highest BCUT2D eigenvalue weighted by Gasteiger charge is 2.24. The van der Waals surface area contributed by atoms with Gasteiger partial charge in [0.1, 0.15) is 0 Å². The summed E-state index contributed by atoms with van der Waals surface area (Å²) < 4.78 is 0. The molecule has 17 heavy (non-hydrogen) atoms. The standard InChI is InChI=1S/C12H16N2O3/c15-10-4-2-1-3-9(10)14-12(17)8-5-6-13-11(16)7-8/h5-7,9-10,15H,1-4H2,(H,13,16)(H,14,17)/t9-,10-/m1/s1. The molecule has 0 bridgehead atoms. The molecule has 0 saturated heterocycles. The van der Waals surface area contributed by atoms with Crippen LogP contribution in [0.1, 0.15) is 36.0 Å². The number of aromatic amines is 1. The zero-order valence-electron chi connectivity index (χ0n) is 9.48. The van der Waals surface area contributed by atoms with Crippen LogP contribution in [0, 0.1) is 0 Å². The summed E-state index contributed by atoms with van der Waals surface area (Å²) in [6, 6.07) is 2.60. The number of carbonyl (C=O) groups excluding carboxylic acids is 1. The van der Waals surface area contributed by atoms with Gasteiger partial charge in [0.05, 0.1) is 12.1 Å². The van der Waals surface area contributed by atoms with Gasteiger partial charge in [-0.25, -0.2) is 0 Å². The summed E-state index contributed by atoms with van der Waals surface area (Å²) in [6.45, 7) is 0. The molecule has 1 aliphatic carbocycles. The van der Waals surface area contributed by atoms with Crippen molar-refractivity contribution in [3.8, 4) is 0 Å². The van der Waals surface area contributed by atoms with E-state index < -0.39 is 6.10 Å². The van der Waals surface area contributed by atoms with E-state index in [0.29, 0.717) is 5.56 Å². The van der Waals surface area contributed by atoms with E-state index in [9.17, 15) is 14.7 Å². The molecular weight excluding hydrogens is 220 g/mol. The lowest BCUT2D eigenvalue weighted by atomic mass is 9.92. The maximum Gasteiger partial charge on any atom is 0.251 e. The molecule has 1 saturated carbocycles. The summed E-state index contributed by atoms with van der Waals surface area (Å²) in [5.74, 6) is -0.304. The Morgan fingerprint density at radius 1 is 1.41 bits per heavy atom. The summed E-state index contributed by atoms with van der Waals surface area (Å²) in [6.07, 6.45) is 4.48. The van der Waals surface area contributed by atoms with Crippen LogP contribution in [0.2, 0.25) is 0 Å². The molecular formula is C12H16N2O3. The molecule has 1 aromatic rings. The zero-order chi connectivity index (χ0) is 12.3. The number of rotatable bonds is 2. The highest BCUT2D eigenvalue weighted by atomic mass is 16.3. The van der Waals surface area contributed by atoms with E-state index >= 15 is 0 Å². The third-order valence-electron chi connectivity index (χ3n) is 3.08. The second-order valence-corrected chi connectivity index (χ2v) is 4.37. The van der Waals surface area contributed by atoms with Crippen molar-refractivity contribution >= 4 is 5.91 Å². The van der Waals surface area contributed by atoms with Crippen molar-refractivity contribution in [3.63, 3.8) is 0 Å². The van der Waals surface area contributed by atoms with Gasteiger partial charge in [-0.3, -0.25) is 9.59 Å². The fraction of sp³-hybridized carbons (Fsp3) is 0.500. The molecule has 2 atom stereocenters. The van der Waals surface area contributed by atoms with Crippen molar-refractivity contribution in [3.05, 3.63) is 34.2 Å². The van der Waals surface area contributed by atoms with Crippen molar-refractivity contribution in [1.29, 1.82) is 0 Å². The second-order valence-electron chi connectivity index (χ2n) is 4.37. The smallest absolute Gasteiger partial charge is 0.251 e. The lowest BCUT2D eigenvalue weighted by Gasteiger charge is -2.28. The van der Waals surface area contributed by atoms with Crippen LogP contribution < -0.4 is 10.9 Å². The maximum absolute atomic E-state index is 11.8. The van der Waals surface area contributed by atoms with Gasteiger partial charge in [0, 0.05) is 17.8 Å². The van der Waals surface area contributed by atoms with Crippen LogP contribution >= 0.6 is 0 Å². The first-order valence-electron chi connectivity index (χ1n) is 5.84. The lowest BCUT2D eigenvalue weighted by molar-refractivity contribution is 0.0717. The van der Waals surface area contributed by atoms with Crippen LogP contribution in [0.4, 0.5) is 0 Å². The number of H-pyrrole nitrogens is 1. The summed E-state index contributed by atoms with van der Waals surface area (Å²) in [4.78, 5) is 25.4. The van der Waals surface area contributed by atoms with Gasteiger partial charge < -0.3 is 15.4 Å².